The lowest BCUT2D eigenvalue weighted by Gasteiger charge is -2.32. The summed E-state index contributed by atoms with van der Waals surface area (Å²) in [5.41, 5.74) is 3.40. The van der Waals surface area contributed by atoms with Crippen molar-refractivity contribution in [3.05, 3.63) is 16.6 Å². The van der Waals surface area contributed by atoms with Gasteiger partial charge in [0.05, 0.1) is 11.2 Å². The molecule has 0 saturated heterocycles. The van der Waals surface area contributed by atoms with Gasteiger partial charge in [0.2, 0.25) is 0 Å². The van der Waals surface area contributed by atoms with Crippen LogP contribution in [0.2, 0.25) is 0 Å². The molecule has 0 spiro atoms. The van der Waals surface area contributed by atoms with Gasteiger partial charge < -0.3 is 10.2 Å². The second-order valence-corrected chi connectivity index (χ2v) is 6.70. The molecule has 18 heavy (non-hydrogen) atoms. The monoisotopic (exact) mass is 269 g/mol. The molecule has 1 unspecified atom stereocenters. The van der Waals surface area contributed by atoms with Gasteiger partial charge >= 0.3 is 0 Å². The summed E-state index contributed by atoms with van der Waals surface area (Å²) in [7, 11) is 2.17. The fourth-order valence-electron chi connectivity index (χ4n) is 2.11. The number of rotatable bonds is 7. The molecule has 4 heteroatoms. The standard InChI is InChI=1S/C14H27N3S/c1-6-15-13(14(2,3)4)7-8-17(5)9-12-10-18-11-16-12/h10-11,13,15H,6-9H2,1-5H3. The van der Waals surface area contributed by atoms with Crippen molar-refractivity contribution in [3.63, 3.8) is 0 Å². The first-order valence-corrected chi connectivity index (χ1v) is 7.66. The van der Waals surface area contributed by atoms with Gasteiger partial charge in [0.1, 0.15) is 0 Å². The van der Waals surface area contributed by atoms with Gasteiger partial charge in [0.15, 0.2) is 0 Å². The van der Waals surface area contributed by atoms with Gasteiger partial charge in [0.25, 0.3) is 0 Å². The minimum atomic E-state index is 0.317. The maximum absolute atomic E-state index is 4.33. The Balaban J connectivity index is 2.37. The molecule has 0 radical (unpaired) electrons. The van der Waals surface area contributed by atoms with E-state index in [9.17, 15) is 0 Å². The molecule has 0 aliphatic rings. The third-order valence-electron chi connectivity index (χ3n) is 3.21. The van der Waals surface area contributed by atoms with Crippen LogP contribution in [-0.4, -0.2) is 36.1 Å². The first-order chi connectivity index (χ1) is 8.43. The number of nitrogens with one attached hydrogen (secondary N) is 1. The molecule has 1 atom stereocenters. The molecule has 0 aromatic carbocycles. The van der Waals surface area contributed by atoms with Crippen molar-refractivity contribution in [2.24, 2.45) is 5.41 Å². The predicted molar refractivity (Wildman–Crippen MR) is 80.0 cm³/mol. The maximum Gasteiger partial charge on any atom is 0.0795 e. The Morgan fingerprint density at radius 3 is 2.67 bits per heavy atom. The molecule has 1 heterocycles. The van der Waals surface area contributed by atoms with E-state index in [1.807, 2.05) is 5.51 Å². The van der Waals surface area contributed by atoms with Crippen LogP contribution in [0.4, 0.5) is 0 Å². The third-order valence-corrected chi connectivity index (χ3v) is 3.85. The summed E-state index contributed by atoms with van der Waals surface area (Å²) in [6.45, 7) is 12.2. The molecule has 1 aromatic heterocycles. The van der Waals surface area contributed by atoms with Gasteiger partial charge in [-0.05, 0) is 32.0 Å². The highest BCUT2D eigenvalue weighted by Crippen LogP contribution is 2.22. The van der Waals surface area contributed by atoms with Crippen LogP contribution >= 0.6 is 11.3 Å². The summed E-state index contributed by atoms with van der Waals surface area (Å²) in [4.78, 5) is 6.68. The summed E-state index contributed by atoms with van der Waals surface area (Å²) < 4.78 is 0. The molecule has 0 aliphatic carbocycles. The highest BCUT2D eigenvalue weighted by Gasteiger charge is 2.23. The van der Waals surface area contributed by atoms with Crippen LogP contribution in [0.15, 0.2) is 10.9 Å². The van der Waals surface area contributed by atoms with Crippen LogP contribution in [0.25, 0.3) is 0 Å². The topological polar surface area (TPSA) is 28.2 Å². The largest absolute Gasteiger partial charge is 0.314 e. The average Bonchev–Trinajstić information content (AvgIpc) is 2.75. The Kier molecular flexibility index (Phi) is 6.26. The highest BCUT2D eigenvalue weighted by molar-refractivity contribution is 7.07. The average molecular weight is 269 g/mol. The molecule has 104 valence electrons. The van der Waals surface area contributed by atoms with E-state index in [1.165, 1.54) is 12.1 Å². The molecule has 1 aromatic rings. The molecule has 0 amide bonds. The normalized spacial score (nSPS) is 14.1. The Hall–Kier alpha value is -0.450. The molecule has 1 N–H and O–H groups in total. The number of hydrogen-bond acceptors (Lipinski definition) is 4. The van der Waals surface area contributed by atoms with E-state index in [4.69, 9.17) is 0 Å². The van der Waals surface area contributed by atoms with Crippen molar-refractivity contribution >= 4 is 11.3 Å². The number of nitrogens with zero attached hydrogens (tertiary/aromatic N) is 2. The second-order valence-electron chi connectivity index (χ2n) is 5.98. The molecule has 0 saturated carbocycles. The van der Waals surface area contributed by atoms with Gasteiger partial charge in [-0.15, -0.1) is 11.3 Å². The van der Waals surface area contributed by atoms with Crippen molar-refractivity contribution in [3.8, 4) is 0 Å². The van der Waals surface area contributed by atoms with Crippen molar-refractivity contribution in [1.29, 1.82) is 0 Å². The van der Waals surface area contributed by atoms with Crippen LogP contribution in [0.3, 0.4) is 0 Å². The van der Waals surface area contributed by atoms with Gasteiger partial charge in [-0.2, -0.15) is 0 Å². The van der Waals surface area contributed by atoms with Crippen molar-refractivity contribution in [1.82, 2.24) is 15.2 Å². The van der Waals surface area contributed by atoms with E-state index in [1.54, 1.807) is 11.3 Å². The smallest absolute Gasteiger partial charge is 0.0795 e. The van der Waals surface area contributed by atoms with Gasteiger partial charge in [-0.25, -0.2) is 4.98 Å². The Morgan fingerprint density at radius 2 is 2.17 bits per heavy atom. The van der Waals surface area contributed by atoms with Crippen molar-refractivity contribution in [2.75, 3.05) is 20.1 Å². The van der Waals surface area contributed by atoms with Crippen LogP contribution < -0.4 is 5.32 Å². The number of hydrogen-bond donors (Lipinski definition) is 1. The lowest BCUT2D eigenvalue weighted by atomic mass is 9.84. The number of aromatic nitrogens is 1. The van der Waals surface area contributed by atoms with E-state index in [0.717, 1.165) is 19.6 Å². The van der Waals surface area contributed by atoms with E-state index in [2.05, 4.69) is 55.3 Å². The van der Waals surface area contributed by atoms with E-state index >= 15 is 0 Å². The zero-order valence-corrected chi connectivity index (χ0v) is 13.2. The fourth-order valence-corrected chi connectivity index (χ4v) is 2.66. The SMILES string of the molecule is CCNC(CCN(C)Cc1cscn1)C(C)(C)C. The van der Waals surface area contributed by atoms with Crippen molar-refractivity contribution in [2.45, 2.75) is 46.7 Å². The lowest BCUT2D eigenvalue weighted by molar-refractivity contribution is 0.220. The molecule has 1 rings (SSSR count). The van der Waals surface area contributed by atoms with E-state index in [0.29, 0.717) is 11.5 Å². The zero-order chi connectivity index (χ0) is 13.6. The lowest BCUT2D eigenvalue weighted by Crippen LogP contribution is -2.42. The minimum absolute atomic E-state index is 0.317. The highest BCUT2D eigenvalue weighted by atomic mass is 32.1. The minimum Gasteiger partial charge on any atom is -0.314 e. The third kappa shape index (κ3) is 5.46. The molecular weight excluding hydrogens is 242 g/mol. The van der Waals surface area contributed by atoms with Crippen LogP contribution in [0, 0.1) is 5.41 Å². The summed E-state index contributed by atoms with van der Waals surface area (Å²) in [5.74, 6) is 0. The number of thiazole rings is 1. The van der Waals surface area contributed by atoms with Gasteiger partial charge in [-0.3, -0.25) is 0 Å². The maximum atomic E-state index is 4.33. The first-order valence-electron chi connectivity index (χ1n) is 6.72. The van der Waals surface area contributed by atoms with Gasteiger partial charge in [0, 0.05) is 18.0 Å². The summed E-state index contributed by atoms with van der Waals surface area (Å²) in [6, 6.07) is 0.570. The summed E-state index contributed by atoms with van der Waals surface area (Å²) >= 11 is 1.67. The van der Waals surface area contributed by atoms with Crippen LogP contribution in [0.5, 0.6) is 0 Å². The Bertz CT molecular complexity index is 316. The van der Waals surface area contributed by atoms with E-state index < -0.39 is 0 Å². The predicted octanol–water partition coefficient (Wildman–Crippen LogP) is 2.99. The molecule has 0 bridgehead atoms. The first kappa shape index (κ1) is 15.6. The quantitative estimate of drug-likeness (QED) is 0.825. The van der Waals surface area contributed by atoms with Gasteiger partial charge in [-0.1, -0.05) is 27.7 Å². The molecular formula is C14H27N3S. The van der Waals surface area contributed by atoms with Crippen LogP contribution in [0.1, 0.15) is 39.8 Å². The van der Waals surface area contributed by atoms with E-state index in [-0.39, 0.29) is 0 Å². The van der Waals surface area contributed by atoms with Crippen molar-refractivity contribution < 1.29 is 0 Å². The summed E-state index contributed by atoms with van der Waals surface area (Å²) in [5, 5.41) is 5.72. The Labute approximate surface area is 116 Å². The van der Waals surface area contributed by atoms with Crippen LogP contribution in [-0.2, 0) is 6.54 Å². The molecule has 0 fully saturated rings. The molecule has 3 nitrogen and oxygen atoms in total. The molecule has 0 aliphatic heterocycles. The fraction of sp³-hybridized carbons (Fsp3) is 0.786. The zero-order valence-electron chi connectivity index (χ0n) is 12.4. The second kappa shape index (κ2) is 7.22. The Morgan fingerprint density at radius 1 is 1.44 bits per heavy atom. The summed E-state index contributed by atoms with van der Waals surface area (Å²) in [6.07, 6.45) is 1.18.